The van der Waals surface area contributed by atoms with Crippen molar-refractivity contribution in [2.45, 2.75) is 157 Å². The van der Waals surface area contributed by atoms with Crippen LogP contribution < -0.4 is 0 Å². The van der Waals surface area contributed by atoms with Crippen molar-refractivity contribution in [3.05, 3.63) is 185 Å². The molecule has 0 aliphatic rings. The third kappa shape index (κ3) is 10.5. The molecule has 3 heterocycles. The molecule has 7 aromatic carbocycles. The van der Waals surface area contributed by atoms with Crippen molar-refractivity contribution < 1.29 is 26.2 Å². The Bertz CT molecular complexity index is 3890. The van der Waals surface area contributed by atoms with Gasteiger partial charge in [-0.05, 0) is 133 Å². The molecule has 1 N–H and O–H groups in total. The number of fused-ring (bicyclic) bond motifs is 4. The van der Waals surface area contributed by atoms with E-state index in [4.69, 9.17) is 9.97 Å². The fraction of sp³-hybridized carbons (Fsp3) is 0.333. The van der Waals surface area contributed by atoms with Crippen molar-refractivity contribution in [3.8, 4) is 62.0 Å². The third-order valence-electron chi connectivity index (χ3n) is 15.7. The van der Waals surface area contributed by atoms with Crippen LogP contribution in [0.3, 0.4) is 0 Å². The Labute approximate surface area is 479 Å². The second kappa shape index (κ2) is 19.7. The van der Waals surface area contributed by atoms with Gasteiger partial charge in [0.1, 0.15) is 11.6 Å². The molecule has 78 heavy (non-hydrogen) atoms. The first-order valence-electron chi connectivity index (χ1n) is 27.6. The van der Waals surface area contributed by atoms with Crippen LogP contribution in [0.15, 0.2) is 146 Å². The second-order valence-corrected chi connectivity index (χ2v) is 27.9. The first-order chi connectivity index (χ1) is 35.9. The molecule has 0 saturated heterocycles. The maximum absolute atomic E-state index is 12.6. The number of nitrogens with zero attached hydrogens (tertiary/aromatic N) is 4. The standard InChI is InChI=1S/C72H79N4O.Pt/c1-67(2,3)47-30-31-61-56(39-47)57-41-50(70(10,11)12)40-55(64(57)75(61)52-26-20-19-21-27-52)45-32-33-73-60(35-45)46-25-22-24-44(34-46)54-28-23-29-62-63(54)74-66(58-42-51(71(13,14)15)43-59(65(58)77)72(16,17)18)76(62)53-37-48(68(4,5)6)36-49(38-53)69(7,8)9;/h19-33,35-43,77H,1-18H3;/q-1;. The van der Waals surface area contributed by atoms with Crippen LogP contribution in [-0.2, 0) is 53.6 Å². The van der Waals surface area contributed by atoms with Gasteiger partial charge in [0.05, 0.1) is 27.6 Å². The molecular formula is C72H79N4OPt-. The fourth-order valence-electron chi connectivity index (χ4n) is 10.8. The average Bonchev–Trinajstić information content (AvgIpc) is 4.04. The van der Waals surface area contributed by atoms with E-state index < -0.39 is 0 Å². The molecule has 6 heteroatoms. The second-order valence-electron chi connectivity index (χ2n) is 27.9. The summed E-state index contributed by atoms with van der Waals surface area (Å²) >= 11 is 0. The molecule has 10 aromatic rings. The Hall–Kier alpha value is -6.55. The number of phenolic OH excluding ortho intramolecular Hbond substituents is 1. The zero-order valence-corrected chi connectivity index (χ0v) is 51.7. The maximum atomic E-state index is 12.6. The van der Waals surface area contributed by atoms with Crippen LogP contribution in [-0.4, -0.2) is 24.2 Å². The van der Waals surface area contributed by atoms with E-state index in [1.165, 1.54) is 44.1 Å². The minimum absolute atomic E-state index is 0. The molecule has 5 nitrogen and oxygen atoms in total. The summed E-state index contributed by atoms with van der Waals surface area (Å²) in [5.41, 5.74) is 19.1. The maximum Gasteiger partial charge on any atom is 0.148 e. The first-order valence-corrected chi connectivity index (χ1v) is 27.6. The summed E-state index contributed by atoms with van der Waals surface area (Å²) in [4.78, 5) is 10.8. The molecular weight excluding hydrogens is 1130 g/mol. The molecule has 0 atom stereocenters. The van der Waals surface area contributed by atoms with Crippen molar-refractivity contribution in [3.63, 3.8) is 0 Å². The number of hydrogen-bond donors (Lipinski definition) is 1. The molecule has 3 aromatic heterocycles. The van der Waals surface area contributed by atoms with Gasteiger partial charge < -0.3 is 9.67 Å². The van der Waals surface area contributed by atoms with Crippen molar-refractivity contribution in [1.29, 1.82) is 0 Å². The summed E-state index contributed by atoms with van der Waals surface area (Å²) in [6.45, 7) is 40.7. The average molecular weight is 1210 g/mol. The summed E-state index contributed by atoms with van der Waals surface area (Å²) in [6, 6.07) is 55.1. The Morgan fingerprint density at radius 3 is 1.60 bits per heavy atom. The zero-order chi connectivity index (χ0) is 55.5. The van der Waals surface area contributed by atoms with Crippen molar-refractivity contribution in [2.24, 2.45) is 0 Å². The molecule has 0 unspecified atom stereocenters. The van der Waals surface area contributed by atoms with Crippen molar-refractivity contribution >= 4 is 32.8 Å². The van der Waals surface area contributed by atoms with Gasteiger partial charge in [0.2, 0.25) is 0 Å². The SMILES string of the molecule is CC(C)(C)c1cc(-n2c(-c3cc(C(C)(C)C)cc(C(C)(C)C)c3O)nc3c(-c4[c-]c(-c5cc(-c6cc(C(C)(C)C)cc7c8cc(C(C)(C)C)ccc8n(-c8ccccc8)c67)ccn5)ccc4)cccc32)cc(C(C)(C)C)c1.[Pt]. The van der Waals surface area contributed by atoms with E-state index in [1.807, 2.05) is 6.20 Å². The largest absolute Gasteiger partial charge is 0.507 e. The van der Waals surface area contributed by atoms with Crippen LogP contribution in [0.25, 0.3) is 89.1 Å². The fourth-order valence-corrected chi connectivity index (χ4v) is 10.8. The molecule has 0 saturated carbocycles. The summed E-state index contributed by atoms with van der Waals surface area (Å²) < 4.78 is 4.74. The van der Waals surface area contributed by atoms with E-state index in [9.17, 15) is 5.11 Å². The van der Waals surface area contributed by atoms with Gasteiger partial charge >= 0.3 is 0 Å². The molecule has 0 amide bonds. The van der Waals surface area contributed by atoms with Crippen LogP contribution in [0.2, 0.25) is 0 Å². The Morgan fingerprint density at radius 1 is 0.423 bits per heavy atom. The van der Waals surface area contributed by atoms with Gasteiger partial charge in [-0.3, -0.25) is 9.55 Å². The van der Waals surface area contributed by atoms with Crippen molar-refractivity contribution in [2.75, 3.05) is 0 Å². The minimum atomic E-state index is -0.327. The van der Waals surface area contributed by atoms with E-state index in [0.29, 0.717) is 11.4 Å². The van der Waals surface area contributed by atoms with Gasteiger partial charge in [-0.15, -0.1) is 29.8 Å². The van der Waals surface area contributed by atoms with E-state index >= 15 is 0 Å². The molecule has 0 aliphatic heterocycles. The molecule has 10 rings (SSSR count). The molecule has 0 aliphatic carbocycles. The van der Waals surface area contributed by atoms with E-state index in [-0.39, 0.29) is 59.3 Å². The van der Waals surface area contributed by atoms with Gasteiger partial charge in [0.25, 0.3) is 0 Å². The molecule has 0 fully saturated rings. The number of benzene rings is 7. The van der Waals surface area contributed by atoms with Gasteiger partial charge in [-0.2, -0.15) is 0 Å². The van der Waals surface area contributed by atoms with Gasteiger partial charge in [0, 0.05) is 66.2 Å². The van der Waals surface area contributed by atoms with Gasteiger partial charge in [0.15, 0.2) is 0 Å². The van der Waals surface area contributed by atoms with Crippen LogP contribution in [0.5, 0.6) is 5.75 Å². The zero-order valence-electron chi connectivity index (χ0n) is 49.4. The topological polar surface area (TPSA) is 55.9 Å². The van der Waals surface area contributed by atoms with Crippen LogP contribution in [0.4, 0.5) is 0 Å². The minimum Gasteiger partial charge on any atom is -0.507 e. The third-order valence-corrected chi connectivity index (χ3v) is 15.7. The first kappa shape index (κ1) is 56.2. The normalized spacial score (nSPS) is 12.9. The Morgan fingerprint density at radius 2 is 0.987 bits per heavy atom. The number of para-hydroxylation sites is 2. The van der Waals surface area contributed by atoms with Crippen LogP contribution >= 0.6 is 0 Å². The predicted molar refractivity (Wildman–Crippen MR) is 328 cm³/mol. The van der Waals surface area contributed by atoms with Crippen LogP contribution in [0, 0.1) is 6.07 Å². The van der Waals surface area contributed by atoms with Gasteiger partial charge in [-0.1, -0.05) is 190 Å². The molecule has 0 bridgehead atoms. The van der Waals surface area contributed by atoms with E-state index in [2.05, 4.69) is 279 Å². The number of aromatic hydroxyl groups is 1. The molecule has 404 valence electrons. The molecule has 0 radical (unpaired) electrons. The smallest absolute Gasteiger partial charge is 0.148 e. The summed E-state index contributed by atoms with van der Waals surface area (Å²) in [6.07, 6.45) is 1.95. The number of pyridine rings is 1. The van der Waals surface area contributed by atoms with Gasteiger partial charge in [-0.25, -0.2) is 4.98 Å². The Kier molecular flexibility index (Phi) is 14.2. The number of hydrogen-bond acceptors (Lipinski definition) is 3. The van der Waals surface area contributed by atoms with E-state index in [1.54, 1.807) is 0 Å². The summed E-state index contributed by atoms with van der Waals surface area (Å²) in [5.74, 6) is 0.958. The number of phenols is 1. The van der Waals surface area contributed by atoms with E-state index in [0.717, 1.165) is 67.0 Å². The van der Waals surface area contributed by atoms with Crippen molar-refractivity contribution in [1.82, 2.24) is 19.1 Å². The molecule has 0 spiro atoms. The number of aromatic nitrogens is 4. The monoisotopic (exact) mass is 1210 g/mol. The quantitative estimate of drug-likeness (QED) is 0.169. The number of rotatable bonds is 6. The summed E-state index contributed by atoms with van der Waals surface area (Å²) in [7, 11) is 0. The summed E-state index contributed by atoms with van der Waals surface area (Å²) in [5, 5.41) is 15.1. The van der Waals surface area contributed by atoms with Crippen LogP contribution in [0.1, 0.15) is 158 Å². The number of imidazole rings is 1. The Balaban J connectivity index is 0.00000740. The predicted octanol–water partition coefficient (Wildman–Crippen LogP) is 19.5.